The van der Waals surface area contributed by atoms with Gasteiger partial charge < -0.3 is 4.52 Å². The van der Waals surface area contributed by atoms with Crippen molar-refractivity contribution in [2.45, 2.75) is 6.42 Å². The van der Waals surface area contributed by atoms with Gasteiger partial charge in [-0.25, -0.2) is 9.97 Å². The van der Waals surface area contributed by atoms with Crippen molar-refractivity contribution in [3.8, 4) is 22.5 Å². The van der Waals surface area contributed by atoms with E-state index in [4.69, 9.17) is 16.1 Å². The molecule has 0 atom stereocenters. The van der Waals surface area contributed by atoms with Crippen LogP contribution in [0.3, 0.4) is 0 Å². The molecule has 7 heteroatoms. The molecule has 0 fully saturated rings. The second-order valence-electron chi connectivity index (χ2n) is 7.21. The third-order valence-electron chi connectivity index (χ3n) is 5.11. The molecular formula is C25H17ClN4O2. The Morgan fingerprint density at radius 2 is 1.78 bits per heavy atom. The molecule has 5 rings (SSSR count). The number of fused-ring (bicyclic) bond motifs is 1. The van der Waals surface area contributed by atoms with Gasteiger partial charge in [-0.3, -0.25) is 10.1 Å². The van der Waals surface area contributed by atoms with Crippen LogP contribution in [-0.4, -0.2) is 21.0 Å². The summed E-state index contributed by atoms with van der Waals surface area (Å²) in [6, 6.07) is 23.1. The Hall–Kier alpha value is -4.03. The van der Waals surface area contributed by atoms with E-state index in [9.17, 15) is 4.79 Å². The van der Waals surface area contributed by atoms with Gasteiger partial charge in [0.05, 0.1) is 17.7 Å². The lowest BCUT2D eigenvalue weighted by atomic mass is 10.0. The van der Waals surface area contributed by atoms with Crippen LogP contribution in [0.1, 0.15) is 5.56 Å². The van der Waals surface area contributed by atoms with Crippen LogP contribution in [0, 0.1) is 0 Å². The SMILES string of the molecule is O=C(Cc1ccccc1Cl)Nc1onc(-c2ccc3ccccc3c2)c1-c1ccncn1. The number of anilines is 1. The molecule has 0 spiro atoms. The van der Waals surface area contributed by atoms with Crippen molar-refractivity contribution in [3.63, 3.8) is 0 Å². The third-order valence-corrected chi connectivity index (χ3v) is 5.48. The molecule has 0 saturated carbocycles. The monoisotopic (exact) mass is 440 g/mol. The Bertz CT molecular complexity index is 1420. The van der Waals surface area contributed by atoms with E-state index < -0.39 is 0 Å². The molecule has 2 aromatic heterocycles. The van der Waals surface area contributed by atoms with Gasteiger partial charge in [0.1, 0.15) is 12.0 Å². The maximum Gasteiger partial charge on any atom is 0.241 e. The third kappa shape index (κ3) is 3.96. The number of hydrogen-bond acceptors (Lipinski definition) is 5. The van der Waals surface area contributed by atoms with Gasteiger partial charge in [-0.1, -0.05) is 71.4 Å². The Kier molecular flexibility index (Phi) is 5.35. The minimum atomic E-state index is -0.269. The molecule has 0 saturated heterocycles. The maximum atomic E-state index is 12.7. The average Bonchev–Trinajstić information content (AvgIpc) is 3.24. The molecule has 0 aliphatic carbocycles. The largest absolute Gasteiger partial charge is 0.337 e. The molecular weight excluding hydrogens is 424 g/mol. The molecule has 1 N–H and O–H groups in total. The number of halogens is 1. The van der Waals surface area contributed by atoms with E-state index in [0.717, 1.165) is 21.9 Å². The lowest BCUT2D eigenvalue weighted by Gasteiger charge is -2.07. The lowest BCUT2D eigenvalue weighted by Crippen LogP contribution is -2.14. The highest BCUT2D eigenvalue weighted by Gasteiger charge is 2.22. The molecule has 0 aliphatic rings. The first-order valence-corrected chi connectivity index (χ1v) is 10.4. The van der Waals surface area contributed by atoms with Gasteiger partial charge in [-0.2, -0.15) is 0 Å². The zero-order chi connectivity index (χ0) is 21.9. The Labute approximate surface area is 188 Å². The number of rotatable bonds is 5. The van der Waals surface area contributed by atoms with E-state index in [-0.39, 0.29) is 18.2 Å². The number of nitrogens with zero attached hydrogens (tertiary/aromatic N) is 3. The van der Waals surface area contributed by atoms with Crippen LogP contribution in [0.15, 0.2) is 89.8 Å². The molecule has 0 unspecified atom stereocenters. The Balaban J connectivity index is 1.54. The quantitative estimate of drug-likeness (QED) is 0.374. The van der Waals surface area contributed by atoms with E-state index in [0.29, 0.717) is 22.0 Å². The molecule has 3 aromatic carbocycles. The van der Waals surface area contributed by atoms with Gasteiger partial charge in [-0.05, 0) is 34.5 Å². The van der Waals surface area contributed by atoms with Crippen LogP contribution in [0.5, 0.6) is 0 Å². The van der Waals surface area contributed by atoms with Crippen LogP contribution in [0.2, 0.25) is 5.02 Å². The fourth-order valence-electron chi connectivity index (χ4n) is 3.57. The normalized spacial score (nSPS) is 10.9. The molecule has 6 nitrogen and oxygen atoms in total. The molecule has 32 heavy (non-hydrogen) atoms. The molecule has 0 aliphatic heterocycles. The number of carbonyl (C=O) groups is 1. The predicted molar refractivity (Wildman–Crippen MR) is 124 cm³/mol. The molecule has 5 aromatic rings. The zero-order valence-corrected chi connectivity index (χ0v) is 17.6. The first kappa shape index (κ1) is 19.9. The summed E-state index contributed by atoms with van der Waals surface area (Å²) in [5.74, 6) is -0.0430. The molecule has 0 bridgehead atoms. The van der Waals surface area contributed by atoms with E-state index in [2.05, 4.69) is 20.4 Å². The van der Waals surface area contributed by atoms with Crippen molar-refractivity contribution in [2.75, 3.05) is 5.32 Å². The Morgan fingerprint density at radius 3 is 2.59 bits per heavy atom. The second kappa shape index (κ2) is 8.61. The van der Waals surface area contributed by atoms with Crippen molar-refractivity contribution in [2.24, 2.45) is 0 Å². The highest BCUT2D eigenvalue weighted by atomic mass is 35.5. The minimum absolute atomic E-state index is 0.106. The summed E-state index contributed by atoms with van der Waals surface area (Å²) in [6.07, 6.45) is 3.19. The van der Waals surface area contributed by atoms with Crippen molar-refractivity contribution in [1.29, 1.82) is 0 Å². The average molecular weight is 441 g/mol. The van der Waals surface area contributed by atoms with E-state index >= 15 is 0 Å². The fraction of sp³-hybridized carbons (Fsp3) is 0.0400. The number of nitrogens with one attached hydrogen (secondary N) is 1. The summed E-state index contributed by atoms with van der Waals surface area (Å²) >= 11 is 6.20. The second-order valence-corrected chi connectivity index (χ2v) is 7.62. The zero-order valence-electron chi connectivity index (χ0n) is 16.8. The minimum Gasteiger partial charge on any atom is -0.337 e. The summed E-state index contributed by atoms with van der Waals surface area (Å²) in [5, 5.41) is 9.83. The summed E-state index contributed by atoms with van der Waals surface area (Å²) < 4.78 is 5.58. The number of benzene rings is 3. The van der Waals surface area contributed by atoms with Gasteiger partial charge in [0.25, 0.3) is 0 Å². The van der Waals surface area contributed by atoms with E-state index in [1.165, 1.54) is 6.33 Å². The van der Waals surface area contributed by atoms with Crippen molar-refractivity contribution >= 4 is 34.2 Å². The Morgan fingerprint density at radius 1 is 0.969 bits per heavy atom. The van der Waals surface area contributed by atoms with Gasteiger partial charge >= 0.3 is 0 Å². The standard InChI is InChI=1S/C25H17ClN4O2/c26-20-8-4-3-7-18(20)14-22(31)29-25-23(21-11-12-27-15-28-21)24(30-32-25)19-10-9-16-5-1-2-6-17(16)13-19/h1-13,15H,14H2,(H,29,31). The summed E-state index contributed by atoms with van der Waals surface area (Å²) in [7, 11) is 0. The lowest BCUT2D eigenvalue weighted by molar-refractivity contribution is -0.115. The van der Waals surface area contributed by atoms with Crippen LogP contribution >= 0.6 is 11.6 Å². The summed E-state index contributed by atoms with van der Waals surface area (Å²) in [5.41, 5.74) is 3.35. The van der Waals surface area contributed by atoms with Crippen LogP contribution in [0.4, 0.5) is 5.88 Å². The van der Waals surface area contributed by atoms with E-state index in [1.807, 2.05) is 60.7 Å². The van der Waals surface area contributed by atoms with Gasteiger partial charge in [0.2, 0.25) is 11.8 Å². The molecule has 0 radical (unpaired) electrons. The highest BCUT2D eigenvalue weighted by Crippen LogP contribution is 2.37. The number of amides is 1. The smallest absolute Gasteiger partial charge is 0.241 e. The molecule has 2 heterocycles. The maximum absolute atomic E-state index is 12.7. The number of carbonyl (C=O) groups excluding carboxylic acids is 1. The first-order valence-electron chi connectivity index (χ1n) is 9.97. The van der Waals surface area contributed by atoms with Crippen molar-refractivity contribution < 1.29 is 9.32 Å². The number of hydrogen-bond donors (Lipinski definition) is 1. The highest BCUT2D eigenvalue weighted by molar-refractivity contribution is 6.31. The van der Waals surface area contributed by atoms with Crippen LogP contribution in [0.25, 0.3) is 33.3 Å². The van der Waals surface area contributed by atoms with Gasteiger partial charge in [-0.15, -0.1) is 0 Å². The van der Waals surface area contributed by atoms with Crippen molar-refractivity contribution in [3.05, 3.63) is 95.9 Å². The molecule has 156 valence electrons. The number of aromatic nitrogens is 3. The van der Waals surface area contributed by atoms with Gasteiger partial charge in [0.15, 0.2) is 0 Å². The van der Waals surface area contributed by atoms with E-state index in [1.54, 1.807) is 18.3 Å². The first-order chi connectivity index (χ1) is 15.7. The fourth-order valence-corrected chi connectivity index (χ4v) is 3.77. The summed E-state index contributed by atoms with van der Waals surface area (Å²) in [4.78, 5) is 21.1. The molecule has 1 amide bonds. The van der Waals surface area contributed by atoms with Gasteiger partial charge in [0, 0.05) is 16.8 Å². The topological polar surface area (TPSA) is 80.9 Å². The van der Waals surface area contributed by atoms with Crippen LogP contribution < -0.4 is 5.32 Å². The van der Waals surface area contributed by atoms with Crippen LogP contribution in [-0.2, 0) is 11.2 Å². The predicted octanol–water partition coefficient (Wildman–Crippen LogP) is 5.79. The summed E-state index contributed by atoms with van der Waals surface area (Å²) in [6.45, 7) is 0. The van der Waals surface area contributed by atoms with Crippen molar-refractivity contribution in [1.82, 2.24) is 15.1 Å².